The quantitative estimate of drug-likeness (QED) is 0.693. The van der Waals surface area contributed by atoms with Crippen molar-refractivity contribution in [3.8, 4) is 5.69 Å². The van der Waals surface area contributed by atoms with Gasteiger partial charge in [-0.1, -0.05) is 38.8 Å². The molecule has 2 rings (SSSR count). The van der Waals surface area contributed by atoms with Gasteiger partial charge in [0, 0.05) is 18.1 Å². The van der Waals surface area contributed by atoms with E-state index in [1.165, 1.54) is 30.5 Å². The maximum atomic E-state index is 2.32. The summed E-state index contributed by atoms with van der Waals surface area (Å²) in [6.45, 7) is 4.57. The zero-order valence-corrected chi connectivity index (χ0v) is 10.8. The van der Waals surface area contributed by atoms with Crippen molar-refractivity contribution >= 4 is 0 Å². The molecule has 0 radical (unpaired) electrons. The molecule has 90 valence electrons. The minimum atomic E-state index is 0.675. The lowest BCUT2D eigenvalue weighted by Crippen LogP contribution is -1.95. The summed E-state index contributed by atoms with van der Waals surface area (Å²) in [4.78, 5) is 0. The molecule has 0 fully saturated rings. The molecule has 1 heteroatoms. The van der Waals surface area contributed by atoms with Crippen molar-refractivity contribution in [2.75, 3.05) is 0 Å². The van der Waals surface area contributed by atoms with Gasteiger partial charge >= 0.3 is 0 Å². The lowest BCUT2D eigenvalue weighted by atomic mass is 9.95. The first-order chi connectivity index (χ1) is 8.31. The number of benzene rings is 1. The highest BCUT2D eigenvalue weighted by Gasteiger charge is 2.04. The summed E-state index contributed by atoms with van der Waals surface area (Å²) in [5.74, 6) is 0.675. The minimum absolute atomic E-state index is 0.675. The number of rotatable bonds is 5. The Hall–Kier alpha value is -1.50. The molecule has 1 atom stereocenters. The van der Waals surface area contributed by atoms with Crippen molar-refractivity contribution in [3.63, 3.8) is 0 Å². The Morgan fingerprint density at radius 3 is 2.29 bits per heavy atom. The third-order valence-corrected chi connectivity index (χ3v) is 3.36. The van der Waals surface area contributed by atoms with Crippen LogP contribution in [0.5, 0.6) is 0 Å². The SMILES string of the molecule is CCCCC(C)c1ccc(-n2cccc2)cc1. The van der Waals surface area contributed by atoms with E-state index in [4.69, 9.17) is 0 Å². The summed E-state index contributed by atoms with van der Waals surface area (Å²) in [6.07, 6.45) is 8.05. The van der Waals surface area contributed by atoms with E-state index >= 15 is 0 Å². The standard InChI is InChI=1S/C16H21N/c1-3-4-7-14(2)15-8-10-16(11-9-15)17-12-5-6-13-17/h5-6,8-14H,3-4,7H2,1-2H3. The number of hydrogen-bond donors (Lipinski definition) is 0. The summed E-state index contributed by atoms with van der Waals surface area (Å²) in [5.41, 5.74) is 2.69. The molecule has 1 unspecified atom stereocenters. The molecule has 0 bridgehead atoms. The molecule has 0 spiro atoms. The molecule has 0 amide bonds. The Labute approximate surface area is 104 Å². The van der Waals surface area contributed by atoms with Gasteiger partial charge in [-0.25, -0.2) is 0 Å². The topological polar surface area (TPSA) is 4.93 Å². The molecule has 1 heterocycles. The maximum Gasteiger partial charge on any atom is 0.0449 e. The molecule has 0 saturated carbocycles. The second-order valence-corrected chi connectivity index (χ2v) is 4.73. The number of nitrogens with zero attached hydrogens (tertiary/aromatic N) is 1. The van der Waals surface area contributed by atoms with Crippen LogP contribution in [0.4, 0.5) is 0 Å². The minimum Gasteiger partial charge on any atom is -0.324 e. The Morgan fingerprint density at radius 1 is 1.06 bits per heavy atom. The zero-order chi connectivity index (χ0) is 12.1. The molecule has 1 aromatic carbocycles. The predicted molar refractivity (Wildman–Crippen MR) is 73.7 cm³/mol. The van der Waals surface area contributed by atoms with Crippen LogP contribution in [-0.4, -0.2) is 4.57 Å². The number of hydrogen-bond acceptors (Lipinski definition) is 0. The van der Waals surface area contributed by atoms with Crippen molar-refractivity contribution < 1.29 is 0 Å². The van der Waals surface area contributed by atoms with Crippen molar-refractivity contribution in [3.05, 3.63) is 54.4 Å². The molecule has 1 aromatic heterocycles. The van der Waals surface area contributed by atoms with Gasteiger partial charge in [-0.2, -0.15) is 0 Å². The van der Waals surface area contributed by atoms with Crippen molar-refractivity contribution in [2.24, 2.45) is 0 Å². The fraction of sp³-hybridized carbons (Fsp3) is 0.375. The van der Waals surface area contributed by atoms with Crippen LogP contribution in [0.25, 0.3) is 5.69 Å². The first kappa shape index (κ1) is 12.0. The van der Waals surface area contributed by atoms with Crippen molar-refractivity contribution in [1.29, 1.82) is 0 Å². The van der Waals surface area contributed by atoms with Gasteiger partial charge in [-0.15, -0.1) is 0 Å². The summed E-state index contributed by atoms with van der Waals surface area (Å²) < 4.78 is 2.14. The van der Waals surface area contributed by atoms with E-state index < -0.39 is 0 Å². The van der Waals surface area contributed by atoms with Gasteiger partial charge in [-0.05, 0) is 42.2 Å². The smallest absolute Gasteiger partial charge is 0.0449 e. The second-order valence-electron chi connectivity index (χ2n) is 4.73. The Bertz CT molecular complexity index is 425. The van der Waals surface area contributed by atoms with Gasteiger partial charge in [0.15, 0.2) is 0 Å². The van der Waals surface area contributed by atoms with E-state index in [9.17, 15) is 0 Å². The maximum absolute atomic E-state index is 2.32. The Kier molecular flexibility index (Phi) is 4.03. The molecule has 1 nitrogen and oxygen atoms in total. The molecular weight excluding hydrogens is 206 g/mol. The van der Waals surface area contributed by atoms with E-state index in [2.05, 4.69) is 67.2 Å². The first-order valence-electron chi connectivity index (χ1n) is 6.54. The Balaban J connectivity index is 2.08. The molecule has 0 aliphatic carbocycles. The highest BCUT2D eigenvalue weighted by Crippen LogP contribution is 2.22. The Morgan fingerprint density at radius 2 is 1.71 bits per heavy atom. The van der Waals surface area contributed by atoms with E-state index in [1.54, 1.807) is 0 Å². The van der Waals surface area contributed by atoms with Crippen LogP contribution >= 0.6 is 0 Å². The van der Waals surface area contributed by atoms with Crippen LogP contribution in [0.2, 0.25) is 0 Å². The molecule has 0 aliphatic heterocycles. The van der Waals surface area contributed by atoms with E-state index in [0.717, 1.165) is 0 Å². The van der Waals surface area contributed by atoms with Crippen LogP contribution in [0.3, 0.4) is 0 Å². The van der Waals surface area contributed by atoms with Crippen LogP contribution in [0.1, 0.15) is 44.6 Å². The van der Waals surface area contributed by atoms with Gasteiger partial charge < -0.3 is 4.57 Å². The normalized spacial score (nSPS) is 12.6. The molecule has 0 N–H and O–H groups in total. The van der Waals surface area contributed by atoms with Gasteiger partial charge in [-0.3, -0.25) is 0 Å². The van der Waals surface area contributed by atoms with Gasteiger partial charge in [0.05, 0.1) is 0 Å². The van der Waals surface area contributed by atoms with Crippen molar-refractivity contribution in [2.45, 2.75) is 39.0 Å². The summed E-state index contributed by atoms with van der Waals surface area (Å²) >= 11 is 0. The largest absolute Gasteiger partial charge is 0.324 e. The fourth-order valence-electron chi connectivity index (χ4n) is 2.16. The molecule has 17 heavy (non-hydrogen) atoms. The molecule has 0 aliphatic rings. The molecule has 2 aromatic rings. The van der Waals surface area contributed by atoms with Crippen LogP contribution < -0.4 is 0 Å². The lowest BCUT2D eigenvalue weighted by Gasteiger charge is -2.12. The van der Waals surface area contributed by atoms with Crippen LogP contribution in [0.15, 0.2) is 48.8 Å². The summed E-state index contributed by atoms with van der Waals surface area (Å²) in [7, 11) is 0. The first-order valence-corrected chi connectivity index (χ1v) is 6.54. The summed E-state index contributed by atoms with van der Waals surface area (Å²) in [5, 5.41) is 0. The van der Waals surface area contributed by atoms with E-state index in [1.807, 2.05) is 0 Å². The zero-order valence-electron chi connectivity index (χ0n) is 10.8. The van der Waals surface area contributed by atoms with Crippen LogP contribution in [-0.2, 0) is 0 Å². The van der Waals surface area contributed by atoms with E-state index in [0.29, 0.717) is 5.92 Å². The number of unbranched alkanes of at least 4 members (excludes halogenated alkanes) is 1. The number of aromatic nitrogens is 1. The third kappa shape index (κ3) is 3.00. The second kappa shape index (κ2) is 5.72. The molecular formula is C16H21N. The highest BCUT2D eigenvalue weighted by molar-refractivity contribution is 5.36. The molecule has 0 saturated heterocycles. The highest BCUT2D eigenvalue weighted by atomic mass is 14.9. The van der Waals surface area contributed by atoms with Crippen LogP contribution in [0, 0.1) is 0 Å². The summed E-state index contributed by atoms with van der Waals surface area (Å²) in [6, 6.07) is 13.0. The fourth-order valence-corrected chi connectivity index (χ4v) is 2.16. The lowest BCUT2D eigenvalue weighted by molar-refractivity contribution is 0.624. The third-order valence-electron chi connectivity index (χ3n) is 3.36. The van der Waals surface area contributed by atoms with E-state index in [-0.39, 0.29) is 0 Å². The average molecular weight is 227 g/mol. The van der Waals surface area contributed by atoms with Gasteiger partial charge in [0.2, 0.25) is 0 Å². The average Bonchev–Trinajstić information content (AvgIpc) is 2.90. The van der Waals surface area contributed by atoms with Crippen molar-refractivity contribution in [1.82, 2.24) is 4.57 Å². The monoisotopic (exact) mass is 227 g/mol. The predicted octanol–water partition coefficient (Wildman–Crippen LogP) is 4.77. The van der Waals surface area contributed by atoms with Gasteiger partial charge in [0.1, 0.15) is 0 Å². The van der Waals surface area contributed by atoms with Gasteiger partial charge in [0.25, 0.3) is 0 Å².